The van der Waals surface area contributed by atoms with Crippen LogP contribution in [0.3, 0.4) is 0 Å². The Morgan fingerprint density at radius 1 is 0.778 bits per heavy atom. The SMILES string of the molecule is CCCC(=O)Nc1ccc(C(=O)N(c2ccccc2)c2ccccc2)cc1. The molecule has 3 aromatic rings. The molecule has 136 valence electrons. The molecular formula is C23H22N2O2. The number of benzene rings is 3. The zero-order chi connectivity index (χ0) is 19.1. The minimum Gasteiger partial charge on any atom is -0.326 e. The molecular weight excluding hydrogens is 336 g/mol. The van der Waals surface area contributed by atoms with Crippen LogP contribution in [0.2, 0.25) is 0 Å². The number of nitrogens with one attached hydrogen (secondary N) is 1. The topological polar surface area (TPSA) is 49.4 Å². The van der Waals surface area contributed by atoms with Gasteiger partial charge in [0.25, 0.3) is 5.91 Å². The van der Waals surface area contributed by atoms with Crippen molar-refractivity contribution in [2.45, 2.75) is 19.8 Å². The van der Waals surface area contributed by atoms with Crippen molar-refractivity contribution in [1.29, 1.82) is 0 Å². The minimum absolute atomic E-state index is 0.0215. The van der Waals surface area contributed by atoms with Crippen LogP contribution >= 0.6 is 0 Å². The molecule has 0 aromatic heterocycles. The van der Waals surface area contributed by atoms with E-state index in [1.54, 1.807) is 29.2 Å². The number of nitrogens with zero attached hydrogens (tertiary/aromatic N) is 1. The van der Waals surface area contributed by atoms with Crippen LogP contribution in [0.4, 0.5) is 17.1 Å². The average Bonchev–Trinajstić information content (AvgIpc) is 2.70. The third-order valence-electron chi connectivity index (χ3n) is 4.12. The Morgan fingerprint density at radius 3 is 1.78 bits per heavy atom. The molecule has 0 aliphatic carbocycles. The summed E-state index contributed by atoms with van der Waals surface area (Å²) in [7, 11) is 0. The highest BCUT2D eigenvalue weighted by atomic mass is 16.2. The van der Waals surface area contributed by atoms with Gasteiger partial charge in [0.1, 0.15) is 0 Å². The first-order valence-corrected chi connectivity index (χ1v) is 9.03. The predicted molar refractivity (Wildman–Crippen MR) is 109 cm³/mol. The highest BCUT2D eigenvalue weighted by Gasteiger charge is 2.19. The minimum atomic E-state index is -0.126. The van der Waals surface area contributed by atoms with E-state index in [0.717, 1.165) is 17.8 Å². The summed E-state index contributed by atoms with van der Waals surface area (Å²) in [6.45, 7) is 1.96. The molecule has 0 heterocycles. The summed E-state index contributed by atoms with van der Waals surface area (Å²) in [5.41, 5.74) is 2.84. The molecule has 0 bridgehead atoms. The fourth-order valence-corrected chi connectivity index (χ4v) is 2.81. The first-order chi connectivity index (χ1) is 13.2. The van der Waals surface area contributed by atoms with Crippen LogP contribution in [0.15, 0.2) is 84.9 Å². The van der Waals surface area contributed by atoms with Gasteiger partial charge in [0.05, 0.1) is 0 Å². The summed E-state index contributed by atoms with van der Waals surface area (Å²) in [6, 6.07) is 26.1. The number of hydrogen-bond acceptors (Lipinski definition) is 2. The van der Waals surface area contributed by atoms with Gasteiger partial charge in [-0.25, -0.2) is 0 Å². The second-order valence-corrected chi connectivity index (χ2v) is 6.19. The van der Waals surface area contributed by atoms with Crippen LogP contribution in [-0.4, -0.2) is 11.8 Å². The number of rotatable bonds is 6. The molecule has 4 heteroatoms. The smallest absolute Gasteiger partial charge is 0.262 e. The highest BCUT2D eigenvalue weighted by molar-refractivity contribution is 6.11. The Bertz CT molecular complexity index is 851. The van der Waals surface area contributed by atoms with E-state index in [0.29, 0.717) is 17.7 Å². The fourth-order valence-electron chi connectivity index (χ4n) is 2.81. The molecule has 3 rings (SSSR count). The Morgan fingerprint density at radius 2 is 1.30 bits per heavy atom. The second-order valence-electron chi connectivity index (χ2n) is 6.19. The van der Waals surface area contributed by atoms with Crippen molar-refractivity contribution in [2.75, 3.05) is 10.2 Å². The van der Waals surface area contributed by atoms with Gasteiger partial charge < -0.3 is 5.32 Å². The van der Waals surface area contributed by atoms with Gasteiger partial charge in [-0.1, -0.05) is 43.3 Å². The first-order valence-electron chi connectivity index (χ1n) is 9.03. The molecule has 3 aromatic carbocycles. The van der Waals surface area contributed by atoms with Crippen LogP contribution in [0.25, 0.3) is 0 Å². The number of para-hydroxylation sites is 2. The van der Waals surface area contributed by atoms with Crippen molar-refractivity contribution >= 4 is 28.9 Å². The number of hydrogen-bond donors (Lipinski definition) is 1. The summed E-state index contributed by atoms with van der Waals surface area (Å²) >= 11 is 0. The Kier molecular flexibility index (Phi) is 6.00. The maximum atomic E-state index is 13.2. The second kappa shape index (κ2) is 8.81. The lowest BCUT2D eigenvalue weighted by atomic mass is 10.1. The molecule has 0 radical (unpaired) electrons. The van der Waals surface area contributed by atoms with Crippen molar-refractivity contribution in [3.63, 3.8) is 0 Å². The zero-order valence-electron chi connectivity index (χ0n) is 15.3. The normalized spacial score (nSPS) is 10.3. The lowest BCUT2D eigenvalue weighted by molar-refractivity contribution is -0.116. The van der Waals surface area contributed by atoms with E-state index in [1.807, 2.05) is 67.6 Å². The molecule has 2 amide bonds. The molecule has 0 aliphatic heterocycles. The summed E-state index contributed by atoms with van der Waals surface area (Å²) in [6.07, 6.45) is 1.28. The standard InChI is InChI=1S/C23H22N2O2/c1-2-9-22(26)24-19-16-14-18(15-17-19)23(27)25(20-10-5-3-6-11-20)21-12-7-4-8-13-21/h3-8,10-17H,2,9H2,1H3,(H,24,26). The van der Waals surface area contributed by atoms with E-state index in [1.165, 1.54) is 0 Å². The average molecular weight is 358 g/mol. The number of carbonyl (C=O) groups excluding carboxylic acids is 2. The van der Waals surface area contributed by atoms with Crippen LogP contribution in [-0.2, 0) is 4.79 Å². The van der Waals surface area contributed by atoms with E-state index in [9.17, 15) is 9.59 Å². The molecule has 0 atom stereocenters. The van der Waals surface area contributed by atoms with Crippen LogP contribution < -0.4 is 10.2 Å². The number of amides is 2. The van der Waals surface area contributed by atoms with E-state index in [4.69, 9.17) is 0 Å². The summed E-state index contributed by atoms with van der Waals surface area (Å²) in [5.74, 6) is -0.148. The van der Waals surface area contributed by atoms with E-state index in [2.05, 4.69) is 5.32 Å². The van der Waals surface area contributed by atoms with Crippen molar-refractivity contribution in [1.82, 2.24) is 0 Å². The molecule has 4 nitrogen and oxygen atoms in total. The Balaban J connectivity index is 1.87. The van der Waals surface area contributed by atoms with Gasteiger partial charge in [-0.05, 0) is 55.0 Å². The zero-order valence-corrected chi connectivity index (χ0v) is 15.3. The molecule has 27 heavy (non-hydrogen) atoms. The third kappa shape index (κ3) is 4.61. The van der Waals surface area contributed by atoms with Crippen molar-refractivity contribution in [3.05, 3.63) is 90.5 Å². The molecule has 0 saturated carbocycles. The van der Waals surface area contributed by atoms with E-state index < -0.39 is 0 Å². The quantitative estimate of drug-likeness (QED) is 0.641. The van der Waals surface area contributed by atoms with Crippen molar-refractivity contribution in [3.8, 4) is 0 Å². The van der Waals surface area contributed by atoms with Gasteiger partial charge in [-0.3, -0.25) is 14.5 Å². The lowest BCUT2D eigenvalue weighted by Crippen LogP contribution is -2.25. The van der Waals surface area contributed by atoms with Crippen LogP contribution in [0.5, 0.6) is 0 Å². The van der Waals surface area contributed by atoms with Gasteiger partial charge in [0.15, 0.2) is 0 Å². The molecule has 0 unspecified atom stereocenters. The summed E-state index contributed by atoms with van der Waals surface area (Å²) in [4.78, 5) is 26.6. The van der Waals surface area contributed by atoms with Gasteiger partial charge >= 0.3 is 0 Å². The summed E-state index contributed by atoms with van der Waals surface area (Å²) in [5, 5.41) is 2.84. The fraction of sp³-hybridized carbons (Fsp3) is 0.130. The molecule has 0 saturated heterocycles. The van der Waals surface area contributed by atoms with Crippen LogP contribution in [0, 0.1) is 0 Å². The Hall–Kier alpha value is -3.40. The van der Waals surface area contributed by atoms with Crippen LogP contribution in [0.1, 0.15) is 30.1 Å². The van der Waals surface area contributed by atoms with Crippen molar-refractivity contribution < 1.29 is 9.59 Å². The predicted octanol–water partition coefficient (Wildman–Crippen LogP) is 5.40. The van der Waals surface area contributed by atoms with Gasteiger partial charge in [0, 0.05) is 29.0 Å². The highest BCUT2D eigenvalue weighted by Crippen LogP contribution is 2.27. The number of carbonyl (C=O) groups is 2. The molecule has 0 spiro atoms. The van der Waals surface area contributed by atoms with Gasteiger partial charge in [-0.2, -0.15) is 0 Å². The maximum Gasteiger partial charge on any atom is 0.262 e. The molecule has 0 fully saturated rings. The van der Waals surface area contributed by atoms with Crippen molar-refractivity contribution in [2.24, 2.45) is 0 Å². The largest absolute Gasteiger partial charge is 0.326 e. The molecule has 0 aliphatic rings. The third-order valence-corrected chi connectivity index (χ3v) is 4.12. The van der Waals surface area contributed by atoms with Gasteiger partial charge in [0.2, 0.25) is 5.91 Å². The maximum absolute atomic E-state index is 13.2. The summed E-state index contributed by atoms with van der Waals surface area (Å²) < 4.78 is 0. The van der Waals surface area contributed by atoms with E-state index in [-0.39, 0.29) is 11.8 Å². The lowest BCUT2D eigenvalue weighted by Gasteiger charge is -2.23. The first kappa shape index (κ1) is 18.4. The van der Waals surface area contributed by atoms with Gasteiger partial charge in [-0.15, -0.1) is 0 Å². The van der Waals surface area contributed by atoms with E-state index >= 15 is 0 Å². The monoisotopic (exact) mass is 358 g/mol. The Labute approximate surface area is 159 Å². The molecule has 1 N–H and O–H groups in total. The number of anilines is 3.